The Balaban J connectivity index is 1.98. The summed E-state index contributed by atoms with van der Waals surface area (Å²) in [6.07, 6.45) is 4.54. The third-order valence-corrected chi connectivity index (χ3v) is 4.97. The van der Waals surface area contributed by atoms with E-state index >= 15 is 0 Å². The Labute approximate surface area is 128 Å². The number of oxime groups is 1. The van der Waals surface area contributed by atoms with Crippen LogP contribution in [-0.2, 0) is 16.0 Å². The van der Waals surface area contributed by atoms with Gasteiger partial charge in [-0.05, 0) is 19.4 Å². The van der Waals surface area contributed by atoms with Crippen LogP contribution >= 0.6 is 0 Å². The maximum absolute atomic E-state index is 13.4. The van der Waals surface area contributed by atoms with Crippen molar-refractivity contribution in [2.24, 2.45) is 5.16 Å². The fourth-order valence-corrected chi connectivity index (χ4v) is 2.71. The second-order valence-corrected chi connectivity index (χ2v) is 7.03. The Morgan fingerprint density at radius 1 is 1.52 bits per heavy atom. The quantitative estimate of drug-likeness (QED) is 0.779. The number of nitrogens with zero attached hydrogens (tertiary/aromatic N) is 1. The zero-order valence-electron chi connectivity index (χ0n) is 12.5. The van der Waals surface area contributed by atoms with Crippen molar-refractivity contribution in [2.45, 2.75) is 38.0 Å². The highest BCUT2D eigenvalue weighted by molar-refractivity contribution is 7.91. The fraction of sp³-hybridized carbons (Fsp3) is 0.438. The van der Waals surface area contributed by atoms with Gasteiger partial charge in [0.15, 0.2) is 0 Å². The monoisotopic (exact) mass is 309 g/mol. The molecule has 21 heavy (non-hydrogen) atoms. The van der Waals surface area contributed by atoms with E-state index in [9.17, 15) is 8.94 Å². The van der Waals surface area contributed by atoms with Crippen molar-refractivity contribution < 1.29 is 13.8 Å². The summed E-state index contributed by atoms with van der Waals surface area (Å²) in [4.78, 5) is 5.41. The van der Waals surface area contributed by atoms with E-state index < -0.39 is 11.2 Å². The average Bonchev–Trinajstić information content (AvgIpc) is 2.95. The maximum atomic E-state index is 13.4. The Morgan fingerprint density at radius 3 is 2.76 bits per heavy atom. The molecule has 1 aliphatic heterocycles. The van der Waals surface area contributed by atoms with Gasteiger partial charge >= 0.3 is 0 Å². The molecule has 3 unspecified atom stereocenters. The van der Waals surface area contributed by atoms with E-state index in [-0.39, 0.29) is 17.2 Å². The van der Waals surface area contributed by atoms with E-state index in [2.05, 4.69) is 5.16 Å². The summed E-state index contributed by atoms with van der Waals surface area (Å²) >= 11 is -0.850. The van der Waals surface area contributed by atoms with Gasteiger partial charge in [0.1, 0.15) is 17.2 Å². The highest BCUT2D eigenvalue weighted by Crippen LogP contribution is 2.23. The van der Waals surface area contributed by atoms with Crippen molar-refractivity contribution in [3.05, 3.63) is 41.5 Å². The molecule has 0 N–H and O–H groups in total. The molecule has 1 aliphatic rings. The number of benzene rings is 1. The predicted octanol–water partition coefficient (Wildman–Crippen LogP) is 3.67. The molecule has 1 aromatic carbocycles. The molecule has 0 fully saturated rings. The van der Waals surface area contributed by atoms with Gasteiger partial charge in [-0.2, -0.15) is 0 Å². The van der Waals surface area contributed by atoms with Gasteiger partial charge in [0.25, 0.3) is 0 Å². The van der Waals surface area contributed by atoms with Gasteiger partial charge in [-0.3, -0.25) is 0 Å². The summed E-state index contributed by atoms with van der Waals surface area (Å²) in [6, 6.07) is 7.18. The Hall–Kier alpha value is -1.33. The molecule has 3 nitrogen and oxygen atoms in total. The molecule has 2 rings (SSSR count). The van der Waals surface area contributed by atoms with Crippen molar-refractivity contribution in [1.29, 1.82) is 0 Å². The second-order valence-electron chi connectivity index (χ2n) is 5.23. The van der Waals surface area contributed by atoms with Crippen LogP contribution in [0.3, 0.4) is 0 Å². The van der Waals surface area contributed by atoms with Crippen molar-refractivity contribution in [3.63, 3.8) is 0 Å². The van der Waals surface area contributed by atoms with Crippen molar-refractivity contribution in [2.75, 3.05) is 6.26 Å². The Bertz CT molecular complexity index is 540. The molecule has 0 saturated heterocycles. The van der Waals surface area contributed by atoms with Crippen LogP contribution < -0.4 is 0 Å². The molecule has 0 spiro atoms. The molecule has 114 valence electrons. The van der Waals surface area contributed by atoms with Gasteiger partial charge < -0.3 is 9.39 Å². The summed E-state index contributed by atoms with van der Waals surface area (Å²) < 4.78 is 24.8. The van der Waals surface area contributed by atoms with Gasteiger partial charge in [0.05, 0.1) is 12.0 Å². The SMILES string of the molecule is C/C=C(\F)c1ccc(C2=NOC(CC(C)[S+](C)[O-])C2)cc1. The molecule has 0 amide bonds. The molecule has 0 saturated carbocycles. The summed E-state index contributed by atoms with van der Waals surface area (Å²) in [5, 5.41) is 4.20. The lowest BCUT2D eigenvalue weighted by molar-refractivity contribution is 0.0792. The largest absolute Gasteiger partial charge is 0.616 e. The first-order valence-corrected chi connectivity index (χ1v) is 8.61. The van der Waals surface area contributed by atoms with Gasteiger partial charge in [-0.1, -0.05) is 46.7 Å². The minimum atomic E-state index is -0.850. The first kappa shape index (κ1) is 16.0. The lowest BCUT2D eigenvalue weighted by atomic mass is 10.0. The van der Waals surface area contributed by atoms with Crippen LogP contribution in [0.4, 0.5) is 4.39 Å². The van der Waals surface area contributed by atoms with E-state index in [1.54, 1.807) is 25.3 Å². The summed E-state index contributed by atoms with van der Waals surface area (Å²) in [7, 11) is 0. The fourth-order valence-electron chi connectivity index (χ4n) is 2.22. The third-order valence-electron chi connectivity index (χ3n) is 3.64. The van der Waals surface area contributed by atoms with Crippen LogP contribution in [-0.4, -0.2) is 27.9 Å². The van der Waals surface area contributed by atoms with Crippen LogP contribution in [0.15, 0.2) is 35.5 Å². The summed E-state index contributed by atoms with van der Waals surface area (Å²) in [5.41, 5.74) is 2.37. The zero-order valence-corrected chi connectivity index (χ0v) is 13.3. The van der Waals surface area contributed by atoms with Crippen LogP contribution in [0.1, 0.15) is 37.8 Å². The number of halogens is 1. The number of allylic oxidation sites excluding steroid dienone is 1. The second kappa shape index (κ2) is 7.09. The predicted molar refractivity (Wildman–Crippen MR) is 85.4 cm³/mol. The summed E-state index contributed by atoms with van der Waals surface area (Å²) in [5.74, 6) is -0.233. The van der Waals surface area contributed by atoms with Gasteiger partial charge in [0, 0.05) is 18.4 Å². The van der Waals surface area contributed by atoms with Gasteiger partial charge in [0.2, 0.25) is 0 Å². The molecule has 5 heteroatoms. The molecule has 1 heterocycles. The van der Waals surface area contributed by atoms with E-state index in [4.69, 9.17) is 4.84 Å². The minimum absolute atomic E-state index is 0.0224. The van der Waals surface area contributed by atoms with Gasteiger partial charge in [-0.25, -0.2) is 4.39 Å². The van der Waals surface area contributed by atoms with Crippen molar-refractivity contribution in [3.8, 4) is 0 Å². The smallest absolute Gasteiger partial charge is 0.138 e. The molecule has 0 bridgehead atoms. The maximum Gasteiger partial charge on any atom is 0.138 e. The van der Waals surface area contributed by atoms with Gasteiger partial charge in [-0.15, -0.1) is 0 Å². The molecule has 1 aromatic rings. The average molecular weight is 309 g/mol. The molecular formula is C16H20FNO2S. The first-order chi connectivity index (χ1) is 10.0. The Kier molecular flexibility index (Phi) is 5.42. The van der Waals surface area contributed by atoms with Crippen LogP contribution in [0, 0.1) is 0 Å². The third kappa shape index (κ3) is 4.08. The standard InChI is InChI=1S/C16H20FNO2S/c1-4-15(17)12-5-7-13(8-6-12)16-10-14(20-18-16)9-11(2)21(3)19/h4-8,11,14H,9-10H2,1-3H3/b15-4-. The van der Waals surface area contributed by atoms with Crippen molar-refractivity contribution in [1.82, 2.24) is 0 Å². The number of hydrogen-bond acceptors (Lipinski definition) is 3. The van der Waals surface area contributed by atoms with E-state index in [1.165, 1.54) is 6.08 Å². The molecule has 3 atom stereocenters. The number of hydrogen-bond donors (Lipinski definition) is 0. The minimum Gasteiger partial charge on any atom is -0.616 e. The molecule has 0 aliphatic carbocycles. The van der Waals surface area contributed by atoms with Crippen LogP contribution in [0.5, 0.6) is 0 Å². The number of rotatable bonds is 5. The van der Waals surface area contributed by atoms with Crippen LogP contribution in [0.25, 0.3) is 5.83 Å². The zero-order chi connectivity index (χ0) is 15.4. The normalized spacial score (nSPS) is 21.7. The molecule has 0 aromatic heterocycles. The molecule has 0 radical (unpaired) electrons. The Morgan fingerprint density at radius 2 is 2.19 bits per heavy atom. The summed E-state index contributed by atoms with van der Waals surface area (Å²) in [6.45, 7) is 3.62. The highest BCUT2D eigenvalue weighted by Gasteiger charge is 2.27. The van der Waals surface area contributed by atoms with E-state index in [0.29, 0.717) is 12.0 Å². The lowest BCUT2D eigenvalue weighted by Crippen LogP contribution is -2.23. The first-order valence-electron chi connectivity index (χ1n) is 6.98. The molecular weight excluding hydrogens is 289 g/mol. The van der Waals surface area contributed by atoms with E-state index in [1.807, 2.05) is 19.1 Å². The van der Waals surface area contributed by atoms with E-state index in [0.717, 1.165) is 17.7 Å². The van der Waals surface area contributed by atoms with Crippen LogP contribution in [0.2, 0.25) is 0 Å². The lowest BCUT2D eigenvalue weighted by Gasteiger charge is -2.16. The highest BCUT2D eigenvalue weighted by atomic mass is 32.2. The van der Waals surface area contributed by atoms with Crippen molar-refractivity contribution >= 4 is 22.7 Å². The topological polar surface area (TPSA) is 44.6 Å².